The quantitative estimate of drug-likeness (QED) is 0.686. The minimum atomic E-state index is -3.14. The monoisotopic (exact) mass is 383 g/mol. The van der Waals surface area contributed by atoms with Crippen molar-refractivity contribution >= 4 is 15.5 Å². The van der Waals surface area contributed by atoms with Crippen molar-refractivity contribution in [2.75, 3.05) is 18.0 Å². The highest BCUT2D eigenvalue weighted by molar-refractivity contribution is 7.91. The zero-order chi connectivity index (χ0) is 19.5. The molecule has 27 heavy (non-hydrogen) atoms. The molecule has 0 amide bonds. The molecule has 1 aliphatic rings. The van der Waals surface area contributed by atoms with E-state index in [0.717, 1.165) is 31.5 Å². The number of anilines is 1. The molecule has 0 bridgehead atoms. The second-order valence-electron chi connectivity index (χ2n) is 8.23. The smallest absolute Gasteiger partial charge is 0.159 e. The molecule has 0 radical (unpaired) electrons. The third-order valence-corrected chi connectivity index (χ3v) is 7.71. The third kappa shape index (κ3) is 5.01. The molecule has 0 saturated heterocycles. The van der Waals surface area contributed by atoms with E-state index in [-0.39, 0.29) is 5.75 Å². The molecule has 0 fully saturated rings. The molecule has 144 valence electrons. The second-order valence-corrected chi connectivity index (χ2v) is 11.0. The largest absolute Gasteiger partial charge is 0.364 e. The first-order valence-corrected chi connectivity index (χ1v) is 11.2. The van der Waals surface area contributed by atoms with Crippen molar-refractivity contribution < 1.29 is 8.42 Å². The lowest BCUT2D eigenvalue weighted by atomic mass is 10.0. The van der Waals surface area contributed by atoms with Crippen LogP contribution in [0, 0.1) is 0 Å². The summed E-state index contributed by atoms with van der Waals surface area (Å²) in [7, 11) is -3.14. The van der Waals surface area contributed by atoms with Gasteiger partial charge in [-0.25, -0.2) is 8.42 Å². The van der Waals surface area contributed by atoms with Gasteiger partial charge in [0.2, 0.25) is 0 Å². The summed E-state index contributed by atoms with van der Waals surface area (Å²) >= 11 is 0. The molecule has 0 unspecified atom stereocenters. The molecule has 3 rings (SSSR count). The summed E-state index contributed by atoms with van der Waals surface area (Å²) in [5.41, 5.74) is 4.69. The summed E-state index contributed by atoms with van der Waals surface area (Å²) in [6, 6.07) is 16.8. The number of nitrogens with zero attached hydrogens (tertiary/aromatic N) is 1. The van der Waals surface area contributed by atoms with E-state index in [0.29, 0.717) is 0 Å². The fraction of sp³-hybridized carbons (Fsp3) is 0.391. The van der Waals surface area contributed by atoms with Gasteiger partial charge < -0.3 is 4.90 Å². The summed E-state index contributed by atoms with van der Waals surface area (Å²) in [5.74, 6) is 0.101. The maximum atomic E-state index is 12.3. The lowest BCUT2D eigenvalue weighted by Crippen LogP contribution is -2.29. The molecule has 0 aromatic heterocycles. The van der Waals surface area contributed by atoms with E-state index >= 15 is 0 Å². The van der Waals surface area contributed by atoms with Gasteiger partial charge in [0.25, 0.3) is 0 Å². The zero-order valence-electron chi connectivity index (χ0n) is 16.5. The number of rotatable bonds is 6. The van der Waals surface area contributed by atoms with E-state index < -0.39 is 14.6 Å². The molecular formula is C23H29NO2S. The molecule has 0 saturated carbocycles. The first kappa shape index (κ1) is 19.7. The van der Waals surface area contributed by atoms with Crippen molar-refractivity contribution in [3.8, 4) is 0 Å². The Kier molecular flexibility index (Phi) is 5.75. The maximum Gasteiger partial charge on any atom is 0.159 e. The van der Waals surface area contributed by atoms with Crippen LogP contribution in [-0.2, 0) is 28.4 Å². The topological polar surface area (TPSA) is 37.4 Å². The fourth-order valence-corrected chi connectivity index (χ4v) is 4.15. The number of sulfone groups is 1. The van der Waals surface area contributed by atoms with E-state index in [4.69, 9.17) is 0 Å². The summed E-state index contributed by atoms with van der Waals surface area (Å²) in [6.45, 7) is 7.25. The Bertz CT molecular complexity index is 881. The predicted octanol–water partition coefficient (Wildman–Crippen LogP) is 4.56. The van der Waals surface area contributed by atoms with E-state index in [9.17, 15) is 8.42 Å². The molecule has 3 nitrogen and oxygen atoms in total. The summed E-state index contributed by atoms with van der Waals surface area (Å²) < 4.78 is 23.9. The highest BCUT2D eigenvalue weighted by atomic mass is 32.2. The standard InChI is InChI=1S/C23H29NO2S/c1-23(2,3)27(25,26)18-21-10-8-19(9-11-21)6-7-20-12-14-22(15-13-20)24-16-4-5-17-24/h4-5,8-15H,6-7,16-18H2,1-3H3. The average Bonchev–Trinajstić information content (AvgIpc) is 3.15. The van der Waals surface area contributed by atoms with Crippen LogP contribution in [-0.4, -0.2) is 26.3 Å². The Balaban J connectivity index is 1.56. The molecule has 0 N–H and O–H groups in total. The van der Waals surface area contributed by atoms with E-state index in [2.05, 4.69) is 53.5 Å². The van der Waals surface area contributed by atoms with Crippen LogP contribution in [0.15, 0.2) is 60.7 Å². The van der Waals surface area contributed by atoms with Gasteiger partial charge in [0.1, 0.15) is 0 Å². The van der Waals surface area contributed by atoms with Crippen LogP contribution in [0.5, 0.6) is 0 Å². The molecule has 2 aromatic carbocycles. The van der Waals surface area contributed by atoms with Crippen molar-refractivity contribution in [3.05, 3.63) is 77.4 Å². The van der Waals surface area contributed by atoms with Gasteiger partial charge in [0, 0.05) is 18.8 Å². The van der Waals surface area contributed by atoms with Crippen molar-refractivity contribution in [1.29, 1.82) is 0 Å². The number of hydrogen-bond acceptors (Lipinski definition) is 3. The van der Waals surface area contributed by atoms with Gasteiger partial charge in [-0.15, -0.1) is 0 Å². The molecule has 1 heterocycles. The fourth-order valence-electron chi connectivity index (χ4n) is 3.09. The van der Waals surface area contributed by atoms with E-state index in [1.54, 1.807) is 20.8 Å². The first-order valence-electron chi connectivity index (χ1n) is 9.54. The normalized spacial score (nSPS) is 14.7. The Morgan fingerprint density at radius 2 is 1.22 bits per heavy atom. The van der Waals surface area contributed by atoms with Crippen LogP contribution in [0.3, 0.4) is 0 Å². The van der Waals surface area contributed by atoms with Gasteiger partial charge in [0.05, 0.1) is 10.5 Å². The van der Waals surface area contributed by atoms with Crippen molar-refractivity contribution in [2.45, 2.75) is 44.1 Å². The maximum absolute atomic E-state index is 12.3. The van der Waals surface area contributed by atoms with Crippen LogP contribution >= 0.6 is 0 Å². The van der Waals surface area contributed by atoms with Gasteiger partial charge >= 0.3 is 0 Å². The first-order chi connectivity index (χ1) is 12.7. The Labute approximate surface area is 163 Å². The molecular weight excluding hydrogens is 354 g/mol. The van der Waals surface area contributed by atoms with Crippen molar-refractivity contribution in [1.82, 2.24) is 0 Å². The van der Waals surface area contributed by atoms with Gasteiger partial charge in [-0.1, -0.05) is 48.6 Å². The van der Waals surface area contributed by atoms with Crippen molar-refractivity contribution in [3.63, 3.8) is 0 Å². The van der Waals surface area contributed by atoms with E-state index in [1.807, 2.05) is 12.1 Å². The molecule has 4 heteroatoms. The Morgan fingerprint density at radius 1 is 0.778 bits per heavy atom. The van der Waals surface area contributed by atoms with Crippen LogP contribution in [0.25, 0.3) is 0 Å². The highest BCUT2D eigenvalue weighted by Gasteiger charge is 2.28. The Hall–Kier alpha value is -2.07. The molecule has 0 spiro atoms. The molecule has 0 atom stereocenters. The van der Waals surface area contributed by atoms with Crippen LogP contribution in [0.4, 0.5) is 5.69 Å². The number of aryl methyl sites for hydroxylation is 2. The number of benzene rings is 2. The Morgan fingerprint density at radius 3 is 1.70 bits per heavy atom. The zero-order valence-corrected chi connectivity index (χ0v) is 17.3. The lowest BCUT2D eigenvalue weighted by Gasteiger charge is -2.19. The third-order valence-electron chi connectivity index (χ3n) is 5.13. The number of hydrogen-bond donors (Lipinski definition) is 0. The van der Waals surface area contributed by atoms with Gasteiger partial charge in [-0.2, -0.15) is 0 Å². The highest BCUT2D eigenvalue weighted by Crippen LogP contribution is 2.21. The lowest BCUT2D eigenvalue weighted by molar-refractivity contribution is 0.559. The summed E-state index contributed by atoms with van der Waals surface area (Å²) in [4.78, 5) is 2.34. The molecule has 0 aliphatic carbocycles. The van der Waals surface area contributed by atoms with Gasteiger partial charge in [0.15, 0.2) is 9.84 Å². The molecule has 1 aliphatic heterocycles. The average molecular weight is 384 g/mol. The predicted molar refractivity (Wildman–Crippen MR) is 114 cm³/mol. The molecule has 2 aromatic rings. The van der Waals surface area contributed by atoms with E-state index in [1.165, 1.54) is 16.8 Å². The summed E-state index contributed by atoms with van der Waals surface area (Å²) in [6.07, 6.45) is 6.34. The van der Waals surface area contributed by atoms with Crippen LogP contribution in [0.2, 0.25) is 0 Å². The van der Waals surface area contributed by atoms with Gasteiger partial charge in [-0.05, 0) is 62.4 Å². The minimum absolute atomic E-state index is 0.101. The van der Waals surface area contributed by atoms with Crippen LogP contribution < -0.4 is 4.90 Å². The van der Waals surface area contributed by atoms with Crippen LogP contribution in [0.1, 0.15) is 37.5 Å². The van der Waals surface area contributed by atoms with Gasteiger partial charge in [-0.3, -0.25) is 0 Å². The SMILES string of the molecule is CC(C)(C)S(=O)(=O)Cc1ccc(CCc2ccc(N3CC=CC3)cc2)cc1. The second kappa shape index (κ2) is 7.89. The summed E-state index contributed by atoms with van der Waals surface area (Å²) in [5, 5.41) is 0. The minimum Gasteiger partial charge on any atom is -0.364 e. The van der Waals surface area contributed by atoms with Crippen molar-refractivity contribution in [2.24, 2.45) is 0 Å².